The summed E-state index contributed by atoms with van der Waals surface area (Å²) in [5, 5.41) is 3.31. The number of ether oxygens (including phenoxy) is 1. The van der Waals surface area contributed by atoms with E-state index in [-0.39, 0.29) is 5.41 Å². The van der Waals surface area contributed by atoms with Crippen LogP contribution in [0.3, 0.4) is 0 Å². The van der Waals surface area contributed by atoms with Crippen molar-refractivity contribution in [3.05, 3.63) is 0 Å². The molecular weight excluding hydrogens is 245 g/mol. The Kier molecular flexibility index (Phi) is 5.43. The smallest absolute Gasteiger partial charge is 0.381 e. The summed E-state index contributed by atoms with van der Waals surface area (Å²) in [6.07, 6.45) is -3.32. The van der Waals surface area contributed by atoms with Crippen LogP contribution in [0.15, 0.2) is 0 Å². The minimum atomic E-state index is -4.14. The monoisotopic (exact) mass is 268 g/mol. The Morgan fingerprint density at radius 1 is 1.39 bits per heavy atom. The molecule has 1 N–H and O–H groups in total. The Labute approximate surface area is 107 Å². The van der Waals surface area contributed by atoms with Gasteiger partial charge in [0.2, 0.25) is 0 Å². The van der Waals surface area contributed by atoms with Gasteiger partial charge in [-0.2, -0.15) is 13.2 Å². The number of hydrogen-bond acceptors (Lipinski definition) is 3. The van der Waals surface area contributed by atoms with E-state index in [9.17, 15) is 13.2 Å². The van der Waals surface area contributed by atoms with E-state index in [0.29, 0.717) is 32.3 Å². The quantitative estimate of drug-likeness (QED) is 0.796. The average Bonchev–Trinajstić information content (AvgIpc) is 2.61. The first-order valence-corrected chi connectivity index (χ1v) is 6.29. The highest BCUT2D eigenvalue weighted by Gasteiger charge is 2.38. The van der Waals surface area contributed by atoms with E-state index in [4.69, 9.17) is 4.74 Å². The molecule has 3 nitrogen and oxygen atoms in total. The summed E-state index contributed by atoms with van der Waals surface area (Å²) in [5.74, 6) is 0. The fourth-order valence-corrected chi connectivity index (χ4v) is 2.32. The van der Waals surface area contributed by atoms with E-state index in [2.05, 4.69) is 5.32 Å². The molecule has 1 unspecified atom stereocenters. The number of hydrogen-bond donors (Lipinski definition) is 1. The van der Waals surface area contributed by atoms with Gasteiger partial charge in [0, 0.05) is 31.2 Å². The van der Waals surface area contributed by atoms with Crippen molar-refractivity contribution in [2.45, 2.75) is 32.5 Å². The first kappa shape index (κ1) is 15.7. The van der Waals surface area contributed by atoms with Crippen LogP contribution in [0.25, 0.3) is 0 Å². The summed E-state index contributed by atoms with van der Waals surface area (Å²) in [4.78, 5) is 1.34. The molecule has 6 heteroatoms. The SMILES string of the molecule is CC(C)NCC1(CN(C)CC(F)(F)F)CCOC1. The lowest BCUT2D eigenvalue weighted by Gasteiger charge is -2.33. The second-order valence-electron chi connectivity index (χ2n) is 5.63. The van der Waals surface area contributed by atoms with Gasteiger partial charge in [0.1, 0.15) is 0 Å². The lowest BCUT2D eigenvalue weighted by Crippen LogP contribution is -2.47. The zero-order chi connectivity index (χ0) is 13.8. The van der Waals surface area contributed by atoms with Crippen molar-refractivity contribution in [1.82, 2.24) is 10.2 Å². The van der Waals surface area contributed by atoms with Crippen molar-refractivity contribution in [2.75, 3.05) is 39.9 Å². The second-order valence-corrected chi connectivity index (χ2v) is 5.63. The summed E-state index contributed by atoms with van der Waals surface area (Å²) in [6, 6.07) is 0.329. The van der Waals surface area contributed by atoms with Crippen LogP contribution in [0.1, 0.15) is 20.3 Å². The zero-order valence-electron chi connectivity index (χ0n) is 11.3. The van der Waals surface area contributed by atoms with Gasteiger partial charge in [0.25, 0.3) is 0 Å². The Morgan fingerprint density at radius 2 is 2.06 bits per heavy atom. The third-order valence-electron chi connectivity index (χ3n) is 3.12. The molecule has 1 heterocycles. The minimum Gasteiger partial charge on any atom is -0.381 e. The van der Waals surface area contributed by atoms with Crippen LogP contribution in [-0.4, -0.2) is 57.0 Å². The Bertz CT molecular complexity index is 250. The molecule has 1 saturated heterocycles. The summed E-state index contributed by atoms with van der Waals surface area (Å²) in [6.45, 7) is 5.48. The van der Waals surface area contributed by atoms with Crippen LogP contribution in [0.5, 0.6) is 0 Å². The Hall–Kier alpha value is -0.330. The predicted octanol–water partition coefficient (Wildman–Crippen LogP) is 1.89. The maximum absolute atomic E-state index is 12.3. The highest BCUT2D eigenvalue weighted by molar-refractivity contribution is 4.88. The summed E-state index contributed by atoms with van der Waals surface area (Å²) in [5.41, 5.74) is -0.190. The molecular formula is C12H23F3N2O. The Balaban J connectivity index is 2.51. The molecule has 18 heavy (non-hydrogen) atoms. The molecule has 0 amide bonds. The molecule has 1 aliphatic rings. The number of nitrogens with zero attached hydrogens (tertiary/aromatic N) is 1. The number of halogens is 3. The van der Waals surface area contributed by atoms with Gasteiger partial charge in [0.15, 0.2) is 0 Å². The highest BCUT2D eigenvalue weighted by atomic mass is 19.4. The van der Waals surface area contributed by atoms with E-state index >= 15 is 0 Å². The van der Waals surface area contributed by atoms with Crippen molar-refractivity contribution in [3.8, 4) is 0 Å². The molecule has 0 aromatic rings. The van der Waals surface area contributed by atoms with Crippen molar-refractivity contribution < 1.29 is 17.9 Å². The third kappa shape index (κ3) is 5.54. The number of rotatable bonds is 6. The van der Waals surface area contributed by atoms with E-state index in [1.165, 1.54) is 11.9 Å². The highest BCUT2D eigenvalue weighted by Crippen LogP contribution is 2.30. The molecule has 1 fully saturated rings. The van der Waals surface area contributed by atoms with Crippen LogP contribution >= 0.6 is 0 Å². The molecule has 0 radical (unpaired) electrons. The summed E-state index contributed by atoms with van der Waals surface area (Å²) in [7, 11) is 1.52. The van der Waals surface area contributed by atoms with Crippen molar-refractivity contribution in [2.24, 2.45) is 5.41 Å². The predicted molar refractivity (Wildman–Crippen MR) is 64.6 cm³/mol. The van der Waals surface area contributed by atoms with Crippen molar-refractivity contribution in [1.29, 1.82) is 0 Å². The van der Waals surface area contributed by atoms with Gasteiger partial charge in [-0.25, -0.2) is 0 Å². The molecule has 0 aliphatic carbocycles. The molecule has 0 spiro atoms. The van der Waals surface area contributed by atoms with Gasteiger partial charge in [-0.1, -0.05) is 13.8 Å². The van der Waals surface area contributed by atoms with Gasteiger partial charge in [-0.15, -0.1) is 0 Å². The molecule has 1 aliphatic heterocycles. The maximum atomic E-state index is 12.3. The largest absolute Gasteiger partial charge is 0.401 e. The lowest BCUT2D eigenvalue weighted by atomic mass is 9.86. The van der Waals surface area contributed by atoms with Gasteiger partial charge < -0.3 is 10.1 Å². The molecule has 0 aromatic carbocycles. The van der Waals surface area contributed by atoms with Crippen LogP contribution in [-0.2, 0) is 4.74 Å². The lowest BCUT2D eigenvalue weighted by molar-refractivity contribution is -0.145. The van der Waals surface area contributed by atoms with E-state index in [1.807, 2.05) is 13.8 Å². The number of nitrogens with one attached hydrogen (secondary N) is 1. The maximum Gasteiger partial charge on any atom is 0.401 e. The molecule has 1 rings (SSSR count). The standard InChI is InChI=1S/C12H23F3N2O/c1-10(2)16-6-11(4-5-18-9-11)7-17(3)8-12(13,14)15/h10,16H,4-9H2,1-3H3. The average molecular weight is 268 g/mol. The van der Waals surface area contributed by atoms with Crippen LogP contribution in [0, 0.1) is 5.41 Å². The molecule has 1 atom stereocenters. The van der Waals surface area contributed by atoms with Gasteiger partial charge in [0.05, 0.1) is 13.2 Å². The third-order valence-corrected chi connectivity index (χ3v) is 3.12. The fourth-order valence-electron chi connectivity index (χ4n) is 2.32. The van der Waals surface area contributed by atoms with Gasteiger partial charge >= 0.3 is 6.18 Å². The van der Waals surface area contributed by atoms with Crippen LogP contribution in [0.2, 0.25) is 0 Å². The zero-order valence-corrected chi connectivity index (χ0v) is 11.3. The van der Waals surface area contributed by atoms with Gasteiger partial charge in [-0.3, -0.25) is 4.90 Å². The normalized spacial score (nSPS) is 25.3. The summed E-state index contributed by atoms with van der Waals surface area (Å²) < 4.78 is 42.4. The number of alkyl halides is 3. The fraction of sp³-hybridized carbons (Fsp3) is 1.00. The summed E-state index contributed by atoms with van der Waals surface area (Å²) >= 11 is 0. The topological polar surface area (TPSA) is 24.5 Å². The van der Waals surface area contributed by atoms with Crippen molar-refractivity contribution in [3.63, 3.8) is 0 Å². The van der Waals surface area contributed by atoms with E-state index in [1.54, 1.807) is 0 Å². The molecule has 0 aromatic heterocycles. The van der Waals surface area contributed by atoms with Crippen LogP contribution in [0.4, 0.5) is 13.2 Å². The van der Waals surface area contributed by atoms with Crippen molar-refractivity contribution >= 4 is 0 Å². The van der Waals surface area contributed by atoms with Crippen LogP contribution < -0.4 is 5.32 Å². The van der Waals surface area contributed by atoms with Gasteiger partial charge in [-0.05, 0) is 13.5 Å². The van der Waals surface area contributed by atoms with E-state index < -0.39 is 12.7 Å². The molecule has 108 valence electrons. The Morgan fingerprint density at radius 3 is 2.50 bits per heavy atom. The minimum absolute atomic E-state index is 0.190. The van der Waals surface area contributed by atoms with E-state index in [0.717, 1.165) is 6.42 Å². The molecule has 0 saturated carbocycles. The second kappa shape index (κ2) is 6.21. The first-order valence-electron chi connectivity index (χ1n) is 6.29. The first-order chi connectivity index (χ1) is 8.22. The molecule has 0 bridgehead atoms.